The number of nitrogens with two attached hydrogens (primary N) is 1. The molecule has 0 fully saturated rings. The second kappa shape index (κ2) is 4.92. The number of hydrogen-bond acceptors (Lipinski definition) is 3. The molecule has 0 aliphatic rings. The predicted octanol–water partition coefficient (Wildman–Crippen LogP) is 4.19. The van der Waals surface area contributed by atoms with E-state index in [1.807, 2.05) is 17.5 Å². The van der Waals surface area contributed by atoms with Crippen molar-refractivity contribution in [2.24, 2.45) is 7.05 Å². The molecule has 0 aliphatic heterocycles. The van der Waals surface area contributed by atoms with Crippen molar-refractivity contribution in [3.63, 3.8) is 0 Å². The van der Waals surface area contributed by atoms with E-state index in [0.29, 0.717) is 22.1 Å². The van der Waals surface area contributed by atoms with E-state index in [2.05, 4.69) is 5.10 Å². The van der Waals surface area contributed by atoms with Crippen LogP contribution in [0, 0.1) is 5.82 Å². The monoisotopic (exact) mass is 307 g/mol. The summed E-state index contributed by atoms with van der Waals surface area (Å²) in [6.07, 6.45) is 0. The lowest BCUT2D eigenvalue weighted by Gasteiger charge is -2.04. The van der Waals surface area contributed by atoms with Crippen molar-refractivity contribution in [3.8, 4) is 21.7 Å². The van der Waals surface area contributed by atoms with Crippen LogP contribution in [0.15, 0.2) is 35.7 Å². The summed E-state index contributed by atoms with van der Waals surface area (Å²) in [5.74, 6) is 0.183. The van der Waals surface area contributed by atoms with Crippen LogP contribution in [0.3, 0.4) is 0 Å². The van der Waals surface area contributed by atoms with E-state index in [1.165, 1.54) is 12.1 Å². The lowest BCUT2D eigenvalue weighted by molar-refractivity contribution is 0.628. The van der Waals surface area contributed by atoms with Gasteiger partial charge in [0.15, 0.2) is 0 Å². The van der Waals surface area contributed by atoms with Gasteiger partial charge in [0.2, 0.25) is 0 Å². The van der Waals surface area contributed by atoms with Crippen molar-refractivity contribution in [2.45, 2.75) is 0 Å². The summed E-state index contributed by atoms with van der Waals surface area (Å²) in [5.41, 5.74) is 8.27. The summed E-state index contributed by atoms with van der Waals surface area (Å²) in [6.45, 7) is 0. The molecule has 0 unspecified atom stereocenters. The van der Waals surface area contributed by atoms with Gasteiger partial charge in [0, 0.05) is 17.5 Å². The number of aryl methyl sites for hydroxylation is 1. The van der Waals surface area contributed by atoms with Crippen molar-refractivity contribution < 1.29 is 4.39 Å². The first-order valence-electron chi connectivity index (χ1n) is 5.89. The van der Waals surface area contributed by atoms with Gasteiger partial charge in [-0.15, -0.1) is 11.3 Å². The molecular formula is C14H11ClFN3S. The summed E-state index contributed by atoms with van der Waals surface area (Å²) in [7, 11) is 1.77. The lowest BCUT2D eigenvalue weighted by Crippen LogP contribution is -1.97. The Labute approximate surface area is 124 Å². The Hall–Kier alpha value is -1.85. The Morgan fingerprint density at radius 2 is 2.15 bits per heavy atom. The number of nitrogen functional groups attached to an aromatic ring is 1. The number of thiophene rings is 1. The molecule has 0 atom stereocenters. The van der Waals surface area contributed by atoms with Gasteiger partial charge in [-0.3, -0.25) is 4.68 Å². The molecule has 0 saturated heterocycles. The zero-order valence-electron chi connectivity index (χ0n) is 10.6. The van der Waals surface area contributed by atoms with Crippen molar-refractivity contribution in [3.05, 3.63) is 46.6 Å². The van der Waals surface area contributed by atoms with E-state index in [4.69, 9.17) is 17.3 Å². The van der Waals surface area contributed by atoms with Crippen LogP contribution >= 0.6 is 22.9 Å². The van der Waals surface area contributed by atoms with Gasteiger partial charge in [-0.25, -0.2) is 4.39 Å². The third-order valence-electron chi connectivity index (χ3n) is 3.05. The van der Waals surface area contributed by atoms with E-state index >= 15 is 0 Å². The van der Waals surface area contributed by atoms with Crippen molar-refractivity contribution in [1.29, 1.82) is 0 Å². The Morgan fingerprint density at radius 1 is 1.35 bits per heavy atom. The van der Waals surface area contributed by atoms with E-state index in [1.54, 1.807) is 29.1 Å². The minimum absolute atomic E-state index is 0.320. The molecule has 0 bridgehead atoms. The Balaban J connectivity index is 2.27. The number of nitrogens with zero attached hydrogens (tertiary/aromatic N) is 2. The maximum absolute atomic E-state index is 13.2. The molecule has 3 aromatic rings. The highest BCUT2D eigenvalue weighted by Gasteiger charge is 2.20. The average Bonchev–Trinajstić information content (AvgIpc) is 2.99. The van der Waals surface area contributed by atoms with Crippen LogP contribution in [0.1, 0.15) is 0 Å². The second-order valence-electron chi connectivity index (χ2n) is 4.33. The van der Waals surface area contributed by atoms with Gasteiger partial charge in [-0.2, -0.15) is 5.10 Å². The summed E-state index contributed by atoms with van der Waals surface area (Å²) in [4.78, 5) is 1.01. The lowest BCUT2D eigenvalue weighted by atomic mass is 10.1. The fourth-order valence-corrected chi connectivity index (χ4v) is 3.11. The van der Waals surface area contributed by atoms with E-state index in [-0.39, 0.29) is 5.82 Å². The first kappa shape index (κ1) is 13.1. The highest BCUT2D eigenvalue weighted by molar-refractivity contribution is 7.13. The van der Waals surface area contributed by atoms with E-state index in [0.717, 1.165) is 10.4 Å². The maximum atomic E-state index is 13.2. The predicted molar refractivity (Wildman–Crippen MR) is 81.3 cm³/mol. The van der Waals surface area contributed by atoms with Gasteiger partial charge < -0.3 is 5.73 Å². The van der Waals surface area contributed by atoms with Crippen molar-refractivity contribution >= 4 is 28.8 Å². The first-order chi connectivity index (χ1) is 9.58. The minimum Gasteiger partial charge on any atom is -0.383 e. The van der Waals surface area contributed by atoms with Crippen LogP contribution < -0.4 is 5.73 Å². The molecule has 0 radical (unpaired) electrons. The standard InChI is InChI=1S/C14H11ClFN3S/c1-19-14(17)12(11-3-2-6-20-11)13(18-19)9-5-4-8(16)7-10(9)15/h2-7H,17H2,1H3. The molecule has 102 valence electrons. The van der Waals surface area contributed by atoms with Crippen LogP contribution in [0.2, 0.25) is 5.02 Å². The molecule has 0 spiro atoms. The number of rotatable bonds is 2. The second-order valence-corrected chi connectivity index (χ2v) is 5.69. The SMILES string of the molecule is Cn1nc(-c2ccc(F)cc2Cl)c(-c2cccs2)c1N. The minimum atomic E-state index is -0.375. The normalized spacial score (nSPS) is 10.9. The highest BCUT2D eigenvalue weighted by Crippen LogP contribution is 2.40. The highest BCUT2D eigenvalue weighted by atomic mass is 35.5. The summed E-state index contributed by atoms with van der Waals surface area (Å²) in [5, 5.41) is 6.71. The van der Waals surface area contributed by atoms with Gasteiger partial charge in [-0.05, 0) is 29.6 Å². The zero-order valence-corrected chi connectivity index (χ0v) is 12.2. The van der Waals surface area contributed by atoms with Crippen LogP contribution in [0.4, 0.5) is 10.2 Å². The van der Waals surface area contributed by atoms with Gasteiger partial charge >= 0.3 is 0 Å². The van der Waals surface area contributed by atoms with Gasteiger partial charge in [0.05, 0.1) is 10.6 Å². The Morgan fingerprint density at radius 3 is 2.80 bits per heavy atom. The van der Waals surface area contributed by atoms with Crippen LogP contribution in [0.25, 0.3) is 21.7 Å². The molecular weight excluding hydrogens is 297 g/mol. The van der Waals surface area contributed by atoms with Crippen LogP contribution in [0.5, 0.6) is 0 Å². The third-order valence-corrected chi connectivity index (χ3v) is 4.25. The summed E-state index contributed by atoms with van der Waals surface area (Å²) >= 11 is 7.70. The third kappa shape index (κ3) is 2.09. The van der Waals surface area contributed by atoms with Crippen molar-refractivity contribution in [1.82, 2.24) is 9.78 Å². The quantitative estimate of drug-likeness (QED) is 0.771. The molecule has 6 heteroatoms. The molecule has 2 heterocycles. The molecule has 20 heavy (non-hydrogen) atoms. The number of benzene rings is 1. The smallest absolute Gasteiger partial charge is 0.130 e. The zero-order chi connectivity index (χ0) is 14.3. The van der Waals surface area contributed by atoms with Gasteiger partial charge in [-0.1, -0.05) is 17.7 Å². The number of hydrogen-bond donors (Lipinski definition) is 1. The maximum Gasteiger partial charge on any atom is 0.130 e. The molecule has 0 aliphatic carbocycles. The fraction of sp³-hybridized carbons (Fsp3) is 0.0714. The molecule has 2 N–H and O–H groups in total. The first-order valence-corrected chi connectivity index (χ1v) is 7.15. The molecule has 3 nitrogen and oxygen atoms in total. The number of anilines is 1. The molecule has 0 saturated carbocycles. The number of aromatic nitrogens is 2. The summed E-state index contributed by atoms with van der Waals surface area (Å²) in [6, 6.07) is 8.18. The van der Waals surface area contributed by atoms with E-state index in [9.17, 15) is 4.39 Å². The number of halogens is 2. The Bertz CT molecular complexity index is 765. The molecule has 0 amide bonds. The topological polar surface area (TPSA) is 43.8 Å². The van der Waals surface area contributed by atoms with E-state index < -0.39 is 0 Å². The van der Waals surface area contributed by atoms with Crippen molar-refractivity contribution in [2.75, 3.05) is 5.73 Å². The molecule has 2 aromatic heterocycles. The van der Waals surface area contributed by atoms with Crippen LogP contribution in [-0.4, -0.2) is 9.78 Å². The van der Waals surface area contributed by atoms with Gasteiger partial charge in [0.1, 0.15) is 17.3 Å². The molecule has 1 aromatic carbocycles. The van der Waals surface area contributed by atoms with Crippen LogP contribution in [-0.2, 0) is 7.05 Å². The summed E-state index contributed by atoms with van der Waals surface area (Å²) < 4.78 is 14.8. The average molecular weight is 308 g/mol. The molecule has 3 rings (SSSR count). The largest absolute Gasteiger partial charge is 0.383 e. The van der Waals surface area contributed by atoms with Gasteiger partial charge in [0.25, 0.3) is 0 Å². The Kier molecular flexibility index (Phi) is 3.23. The fourth-order valence-electron chi connectivity index (χ4n) is 2.07.